The van der Waals surface area contributed by atoms with Crippen LogP contribution in [0.25, 0.3) is 11.3 Å². The summed E-state index contributed by atoms with van der Waals surface area (Å²) in [5.41, 5.74) is 0.708. The first kappa shape index (κ1) is 14.8. The normalized spacial score (nSPS) is 11.8. The second-order valence-corrected chi connectivity index (χ2v) is 5.70. The smallest absolute Gasteiger partial charge is 0.134 e. The third-order valence-electron chi connectivity index (χ3n) is 3.12. The molecule has 0 saturated carbocycles. The first-order valence-corrected chi connectivity index (χ1v) is 6.66. The van der Waals surface area contributed by atoms with Crippen molar-refractivity contribution in [3.8, 4) is 11.3 Å². The molecule has 0 aliphatic heterocycles. The fraction of sp³-hybridized carbons (Fsp3) is 0.375. The highest BCUT2D eigenvalue weighted by atomic mass is 19.1. The average Bonchev–Trinajstić information content (AvgIpc) is 2.88. The van der Waals surface area contributed by atoms with E-state index >= 15 is 0 Å². The van der Waals surface area contributed by atoms with E-state index in [2.05, 4.69) is 5.32 Å². The predicted molar refractivity (Wildman–Crippen MR) is 76.7 cm³/mol. The number of hydrogen-bond acceptors (Lipinski definition) is 3. The lowest BCUT2D eigenvalue weighted by atomic mass is 9.95. The zero-order chi connectivity index (χ0) is 14.6. The van der Waals surface area contributed by atoms with Gasteiger partial charge in [-0.05, 0) is 36.4 Å². The minimum atomic E-state index is -0.256. The molecule has 2 aromatic rings. The monoisotopic (exact) mass is 277 g/mol. The van der Waals surface area contributed by atoms with Gasteiger partial charge in [0.15, 0.2) is 0 Å². The molecule has 0 radical (unpaired) electrons. The van der Waals surface area contributed by atoms with Gasteiger partial charge in [0.2, 0.25) is 0 Å². The molecule has 0 spiro atoms. The van der Waals surface area contributed by atoms with Gasteiger partial charge in [0.1, 0.15) is 17.3 Å². The van der Waals surface area contributed by atoms with Crippen LogP contribution in [0.4, 0.5) is 4.39 Å². The summed E-state index contributed by atoms with van der Waals surface area (Å²) < 4.78 is 18.6. The van der Waals surface area contributed by atoms with E-state index < -0.39 is 0 Å². The Morgan fingerprint density at radius 3 is 2.50 bits per heavy atom. The van der Waals surface area contributed by atoms with Gasteiger partial charge in [-0.25, -0.2) is 4.39 Å². The quantitative estimate of drug-likeness (QED) is 0.852. The van der Waals surface area contributed by atoms with Gasteiger partial charge >= 0.3 is 0 Å². The molecular weight excluding hydrogens is 257 g/mol. The van der Waals surface area contributed by atoms with Crippen LogP contribution in [-0.4, -0.2) is 18.3 Å². The number of halogens is 1. The molecule has 0 aliphatic carbocycles. The minimum Gasteiger partial charge on any atom is -0.460 e. The van der Waals surface area contributed by atoms with Crippen LogP contribution in [0.5, 0.6) is 0 Å². The fourth-order valence-electron chi connectivity index (χ4n) is 1.82. The zero-order valence-corrected chi connectivity index (χ0v) is 11.8. The Morgan fingerprint density at radius 2 is 1.85 bits per heavy atom. The topological polar surface area (TPSA) is 45.4 Å². The van der Waals surface area contributed by atoms with Crippen molar-refractivity contribution in [2.24, 2.45) is 5.41 Å². The van der Waals surface area contributed by atoms with Crippen molar-refractivity contribution in [3.63, 3.8) is 0 Å². The molecule has 3 nitrogen and oxygen atoms in total. The molecule has 0 bridgehead atoms. The molecule has 0 aliphatic rings. The highest BCUT2D eigenvalue weighted by molar-refractivity contribution is 5.57. The van der Waals surface area contributed by atoms with Crippen LogP contribution in [0, 0.1) is 11.2 Å². The van der Waals surface area contributed by atoms with E-state index in [0.717, 1.165) is 17.1 Å². The molecule has 108 valence electrons. The molecular formula is C16H20FNO2. The first-order valence-electron chi connectivity index (χ1n) is 6.66. The van der Waals surface area contributed by atoms with E-state index in [4.69, 9.17) is 4.42 Å². The van der Waals surface area contributed by atoms with Crippen LogP contribution in [0.2, 0.25) is 0 Å². The zero-order valence-electron chi connectivity index (χ0n) is 11.8. The summed E-state index contributed by atoms with van der Waals surface area (Å²) in [5.74, 6) is 1.29. The fourth-order valence-corrected chi connectivity index (χ4v) is 1.82. The standard InChI is InChI=1S/C16H20FNO2/c1-16(2,11-19)10-18-9-14-7-8-15(20-14)12-3-5-13(17)6-4-12/h3-8,18-19H,9-11H2,1-2H3. The van der Waals surface area contributed by atoms with E-state index in [1.165, 1.54) is 12.1 Å². The summed E-state index contributed by atoms with van der Waals surface area (Å²) in [6.45, 7) is 5.43. The van der Waals surface area contributed by atoms with E-state index in [-0.39, 0.29) is 17.8 Å². The van der Waals surface area contributed by atoms with Gasteiger partial charge in [0.05, 0.1) is 6.54 Å². The number of rotatable bonds is 6. The van der Waals surface area contributed by atoms with Crippen LogP contribution >= 0.6 is 0 Å². The Kier molecular flexibility index (Phi) is 4.57. The minimum absolute atomic E-state index is 0.138. The molecule has 1 aromatic carbocycles. The number of nitrogens with one attached hydrogen (secondary N) is 1. The summed E-state index contributed by atoms with van der Waals surface area (Å²) in [4.78, 5) is 0. The van der Waals surface area contributed by atoms with Crippen molar-refractivity contribution in [1.29, 1.82) is 0 Å². The summed E-state index contributed by atoms with van der Waals surface area (Å²) in [6, 6.07) is 10.00. The summed E-state index contributed by atoms with van der Waals surface area (Å²) in [6.07, 6.45) is 0. The van der Waals surface area contributed by atoms with Gasteiger partial charge in [0, 0.05) is 24.1 Å². The SMILES string of the molecule is CC(C)(CO)CNCc1ccc(-c2ccc(F)cc2)o1. The molecule has 2 rings (SSSR count). The summed E-state index contributed by atoms with van der Waals surface area (Å²) >= 11 is 0. The van der Waals surface area contributed by atoms with E-state index in [9.17, 15) is 9.50 Å². The summed E-state index contributed by atoms with van der Waals surface area (Å²) in [7, 11) is 0. The Morgan fingerprint density at radius 1 is 1.15 bits per heavy atom. The Labute approximate surface area is 118 Å². The second kappa shape index (κ2) is 6.20. The predicted octanol–water partition coefficient (Wildman–Crippen LogP) is 3.19. The maximum absolute atomic E-state index is 12.9. The molecule has 0 unspecified atom stereocenters. The van der Waals surface area contributed by atoms with Gasteiger partial charge in [-0.15, -0.1) is 0 Å². The second-order valence-electron chi connectivity index (χ2n) is 5.70. The van der Waals surface area contributed by atoms with Gasteiger partial charge in [-0.2, -0.15) is 0 Å². The maximum atomic E-state index is 12.9. The molecule has 20 heavy (non-hydrogen) atoms. The van der Waals surface area contributed by atoms with Crippen LogP contribution in [-0.2, 0) is 6.54 Å². The number of furan rings is 1. The lowest BCUT2D eigenvalue weighted by Crippen LogP contribution is -2.31. The Bertz CT molecular complexity index is 546. The van der Waals surface area contributed by atoms with Crippen LogP contribution < -0.4 is 5.32 Å². The van der Waals surface area contributed by atoms with Gasteiger partial charge in [-0.3, -0.25) is 0 Å². The van der Waals surface area contributed by atoms with Crippen LogP contribution in [0.3, 0.4) is 0 Å². The van der Waals surface area contributed by atoms with Gasteiger partial charge in [0.25, 0.3) is 0 Å². The van der Waals surface area contributed by atoms with Crippen molar-refractivity contribution < 1.29 is 13.9 Å². The Hall–Kier alpha value is -1.65. The molecule has 0 amide bonds. The highest BCUT2D eigenvalue weighted by Crippen LogP contribution is 2.22. The molecule has 0 saturated heterocycles. The van der Waals surface area contributed by atoms with E-state index in [1.54, 1.807) is 12.1 Å². The molecule has 0 fully saturated rings. The van der Waals surface area contributed by atoms with Gasteiger partial charge < -0.3 is 14.8 Å². The van der Waals surface area contributed by atoms with Crippen molar-refractivity contribution in [2.45, 2.75) is 20.4 Å². The largest absolute Gasteiger partial charge is 0.460 e. The van der Waals surface area contributed by atoms with Crippen molar-refractivity contribution in [2.75, 3.05) is 13.2 Å². The third-order valence-corrected chi connectivity index (χ3v) is 3.12. The van der Waals surface area contributed by atoms with Crippen molar-refractivity contribution in [1.82, 2.24) is 5.32 Å². The van der Waals surface area contributed by atoms with Crippen LogP contribution in [0.15, 0.2) is 40.8 Å². The highest BCUT2D eigenvalue weighted by Gasteiger charge is 2.15. The molecule has 2 N–H and O–H groups in total. The molecule has 1 aromatic heterocycles. The third kappa shape index (κ3) is 3.92. The molecule has 4 heteroatoms. The first-order chi connectivity index (χ1) is 9.50. The summed E-state index contributed by atoms with van der Waals surface area (Å²) in [5, 5.41) is 12.4. The lowest BCUT2D eigenvalue weighted by molar-refractivity contribution is 0.156. The number of hydrogen-bond donors (Lipinski definition) is 2. The number of benzene rings is 1. The molecule has 1 heterocycles. The average molecular weight is 277 g/mol. The van der Waals surface area contributed by atoms with Gasteiger partial charge in [-0.1, -0.05) is 13.8 Å². The maximum Gasteiger partial charge on any atom is 0.134 e. The Balaban J connectivity index is 1.94. The van der Waals surface area contributed by atoms with E-state index in [0.29, 0.717) is 13.1 Å². The van der Waals surface area contributed by atoms with Crippen molar-refractivity contribution >= 4 is 0 Å². The van der Waals surface area contributed by atoms with E-state index in [1.807, 2.05) is 26.0 Å². The number of aliphatic hydroxyl groups is 1. The van der Waals surface area contributed by atoms with Crippen molar-refractivity contribution in [3.05, 3.63) is 48.0 Å². The number of aliphatic hydroxyl groups excluding tert-OH is 1. The van der Waals surface area contributed by atoms with Crippen LogP contribution in [0.1, 0.15) is 19.6 Å². The molecule has 0 atom stereocenters. The lowest BCUT2D eigenvalue weighted by Gasteiger charge is -2.21.